The van der Waals surface area contributed by atoms with Gasteiger partial charge in [-0.3, -0.25) is 0 Å². The summed E-state index contributed by atoms with van der Waals surface area (Å²) >= 11 is 0. The molecule has 0 unspecified atom stereocenters. The van der Waals surface area contributed by atoms with Crippen molar-refractivity contribution in [1.29, 1.82) is 0 Å². The second kappa shape index (κ2) is 4.45. The van der Waals surface area contributed by atoms with E-state index in [1.165, 1.54) is 31.2 Å². The molecular formula is C14H18. The second-order valence-electron chi connectivity index (χ2n) is 4.12. The molecule has 0 N–H and O–H groups in total. The molecule has 0 fully saturated rings. The molecule has 0 bridgehead atoms. The van der Waals surface area contributed by atoms with Crippen molar-refractivity contribution in [3.05, 3.63) is 42.0 Å². The van der Waals surface area contributed by atoms with E-state index < -0.39 is 0 Å². The van der Waals surface area contributed by atoms with Gasteiger partial charge in [-0.05, 0) is 42.7 Å². The zero-order valence-electron chi connectivity index (χ0n) is 8.87. The Bertz CT molecular complexity index is 308. The van der Waals surface area contributed by atoms with E-state index in [1.54, 1.807) is 5.57 Å². The normalized spacial score (nSPS) is 21.8. The van der Waals surface area contributed by atoms with Crippen LogP contribution in [0.4, 0.5) is 0 Å². The molecule has 0 nitrogen and oxygen atoms in total. The predicted molar refractivity (Wildman–Crippen MR) is 62.1 cm³/mol. The molecule has 1 aromatic carbocycles. The van der Waals surface area contributed by atoms with Crippen molar-refractivity contribution < 1.29 is 0 Å². The molecule has 0 saturated heterocycles. The van der Waals surface area contributed by atoms with Crippen LogP contribution in [-0.4, -0.2) is 0 Å². The third-order valence-corrected chi connectivity index (χ3v) is 3.13. The van der Waals surface area contributed by atoms with Crippen molar-refractivity contribution in [2.24, 2.45) is 5.92 Å². The highest BCUT2D eigenvalue weighted by Gasteiger charge is 2.12. The average molecular weight is 186 g/mol. The summed E-state index contributed by atoms with van der Waals surface area (Å²) in [4.78, 5) is 0. The Morgan fingerprint density at radius 1 is 1.21 bits per heavy atom. The minimum absolute atomic E-state index is 0.818. The maximum atomic E-state index is 2.48. The Morgan fingerprint density at radius 3 is 2.71 bits per heavy atom. The molecule has 0 aliphatic heterocycles. The first-order chi connectivity index (χ1) is 6.90. The molecule has 0 saturated carbocycles. The van der Waals surface area contributed by atoms with Crippen LogP contribution in [0.3, 0.4) is 0 Å². The molecule has 1 atom stereocenters. The van der Waals surface area contributed by atoms with E-state index in [1.807, 2.05) is 0 Å². The van der Waals surface area contributed by atoms with Gasteiger partial charge in [-0.25, -0.2) is 0 Å². The predicted octanol–water partition coefficient (Wildman–Crippen LogP) is 4.28. The van der Waals surface area contributed by atoms with Gasteiger partial charge in [0, 0.05) is 0 Å². The van der Waals surface area contributed by atoms with Gasteiger partial charge >= 0.3 is 0 Å². The lowest BCUT2D eigenvalue weighted by Gasteiger charge is -2.19. The Morgan fingerprint density at radius 2 is 2.00 bits per heavy atom. The molecule has 1 aliphatic rings. The first-order valence-electron chi connectivity index (χ1n) is 5.66. The summed E-state index contributed by atoms with van der Waals surface area (Å²) in [5, 5.41) is 0. The molecule has 0 heteroatoms. The van der Waals surface area contributed by atoms with Crippen molar-refractivity contribution in [2.75, 3.05) is 0 Å². The number of benzene rings is 1. The van der Waals surface area contributed by atoms with E-state index in [9.17, 15) is 0 Å². The molecule has 0 aromatic heterocycles. The van der Waals surface area contributed by atoms with Gasteiger partial charge in [0.05, 0.1) is 0 Å². The van der Waals surface area contributed by atoms with E-state index in [-0.39, 0.29) is 0 Å². The van der Waals surface area contributed by atoms with Crippen LogP contribution in [0.1, 0.15) is 38.2 Å². The average Bonchev–Trinajstić information content (AvgIpc) is 2.30. The van der Waals surface area contributed by atoms with Gasteiger partial charge in [-0.1, -0.05) is 43.3 Å². The fraction of sp³-hybridized carbons (Fsp3) is 0.429. The van der Waals surface area contributed by atoms with Crippen molar-refractivity contribution >= 4 is 5.57 Å². The van der Waals surface area contributed by atoms with Gasteiger partial charge in [0.15, 0.2) is 0 Å². The minimum Gasteiger partial charge on any atom is -0.0776 e. The summed E-state index contributed by atoms with van der Waals surface area (Å²) in [6, 6.07) is 10.8. The largest absolute Gasteiger partial charge is 0.0776 e. The Kier molecular flexibility index (Phi) is 3.03. The Hall–Kier alpha value is -1.04. The fourth-order valence-electron chi connectivity index (χ4n) is 2.22. The van der Waals surface area contributed by atoms with E-state index in [0.717, 1.165) is 5.92 Å². The smallest absolute Gasteiger partial charge is 0.0228 e. The molecule has 0 heterocycles. The number of allylic oxidation sites excluding steroid dienone is 2. The SMILES string of the molecule is CC[C@@H]1C=C(c2ccccc2)CCC1. The van der Waals surface area contributed by atoms with E-state index in [4.69, 9.17) is 0 Å². The van der Waals surface area contributed by atoms with Gasteiger partial charge < -0.3 is 0 Å². The zero-order valence-corrected chi connectivity index (χ0v) is 8.87. The lowest BCUT2D eigenvalue weighted by molar-refractivity contribution is 0.533. The third-order valence-electron chi connectivity index (χ3n) is 3.13. The summed E-state index contributed by atoms with van der Waals surface area (Å²) in [6.45, 7) is 2.29. The number of hydrogen-bond donors (Lipinski definition) is 0. The van der Waals surface area contributed by atoms with E-state index >= 15 is 0 Å². The molecule has 0 amide bonds. The fourth-order valence-corrected chi connectivity index (χ4v) is 2.22. The van der Waals surface area contributed by atoms with Gasteiger partial charge in [0.2, 0.25) is 0 Å². The molecule has 14 heavy (non-hydrogen) atoms. The first-order valence-corrected chi connectivity index (χ1v) is 5.66. The van der Waals surface area contributed by atoms with Crippen LogP contribution in [0, 0.1) is 5.92 Å². The van der Waals surface area contributed by atoms with E-state index in [0.29, 0.717) is 0 Å². The summed E-state index contributed by atoms with van der Waals surface area (Å²) in [5.41, 5.74) is 2.98. The quantitative estimate of drug-likeness (QED) is 0.646. The lowest BCUT2D eigenvalue weighted by atomic mass is 9.86. The highest BCUT2D eigenvalue weighted by Crippen LogP contribution is 2.30. The van der Waals surface area contributed by atoms with Crippen LogP contribution in [-0.2, 0) is 0 Å². The molecular weight excluding hydrogens is 168 g/mol. The summed E-state index contributed by atoms with van der Waals surface area (Å²) < 4.78 is 0. The zero-order chi connectivity index (χ0) is 9.80. The lowest BCUT2D eigenvalue weighted by Crippen LogP contribution is -2.02. The van der Waals surface area contributed by atoms with Crippen LogP contribution >= 0.6 is 0 Å². The Balaban J connectivity index is 2.22. The maximum absolute atomic E-state index is 2.48. The molecule has 1 aromatic rings. The molecule has 0 radical (unpaired) electrons. The van der Waals surface area contributed by atoms with Crippen LogP contribution in [0.15, 0.2) is 36.4 Å². The maximum Gasteiger partial charge on any atom is -0.0228 e. The van der Waals surface area contributed by atoms with Gasteiger partial charge in [0.1, 0.15) is 0 Å². The van der Waals surface area contributed by atoms with Crippen LogP contribution < -0.4 is 0 Å². The van der Waals surface area contributed by atoms with Crippen molar-refractivity contribution in [2.45, 2.75) is 32.6 Å². The highest BCUT2D eigenvalue weighted by atomic mass is 14.2. The van der Waals surface area contributed by atoms with E-state index in [2.05, 4.69) is 43.3 Å². The number of rotatable bonds is 2. The summed E-state index contributed by atoms with van der Waals surface area (Å²) in [5.74, 6) is 0.818. The highest BCUT2D eigenvalue weighted by molar-refractivity contribution is 5.66. The molecule has 1 aliphatic carbocycles. The van der Waals surface area contributed by atoms with Crippen LogP contribution in [0.5, 0.6) is 0 Å². The standard InChI is InChI=1S/C14H18/c1-2-12-7-6-10-14(11-12)13-8-4-3-5-9-13/h3-5,8-9,11-12H,2,6-7,10H2,1H3/t12-/m0/s1. The van der Waals surface area contributed by atoms with Crippen LogP contribution in [0.25, 0.3) is 5.57 Å². The molecule has 74 valence electrons. The van der Waals surface area contributed by atoms with Gasteiger partial charge in [0.25, 0.3) is 0 Å². The molecule has 0 spiro atoms. The van der Waals surface area contributed by atoms with Crippen molar-refractivity contribution in [3.63, 3.8) is 0 Å². The topological polar surface area (TPSA) is 0 Å². The first kappa shape index (κ1) is 9.51. The molecule has 2 rings (SSSR count). The second-order valence-corrected chi connectivity index (χ2v) is 4.12. The third kappa shape index (κ3) is 2.06. The Labute approximate surface area is 86.7 Å². The van der Waals surface area contributed by atoms with Gasteiger partial charge in [-0.15, -0.1) is 0 Å². The van der Waals surface area contributed by atoms with Gasteiger partial charge in [-0.2, -0.15) is 0 Å². The number of hydrogen-bond acceptors (Lipinski definition) is 0. The summed E-state index contributed by atoms with van der Waals surface area (Å²) in [7, 11) is 0. The van der Waals surface area contributed by atoms with Crippen LogP contribution in [0.2, 0.25) is 0 Å². The summed E-state index contributed by atoms with van der Waals surface area (Å²) in [6.07, 6.45) is 7.78. The van der Waals surface area contributed by atoms with Crippen molar-refractivity contribution in [3.8, 4) is 0 Å². The monoisotopic (exact) mass is 186 g/mol. The van der Waals surface area contributed by atoms with Crippen molar-refractivity contribution in [1.82, 2.24) is 0 Å². The minimum atomic E-state index is 0.818.